The molecule has 33 heavy (non-hydrogen) atoms. The van der Waals surface area contributed by atoms with Crippen LogP contribution in [0.3, 0.4) is 0 Å². The minimum absolute atomic E-state index is 0.139. The van der Waals surface area contributed by atoms with E-state index < -0.39 is 22.2 Å². The Morgan fingerprint density at radius 3 is 2.67 bits per heavy atom. The molecule has 1 saturated heterocycles. The molecule has 0 amide bonds. The minimum Gasteiger partial charge on any atom is -0.394 e. The van der Waals surface area contributed by atoms with E-state index >= 15 is 0 Å². The Bertz CT molecular complexity index is 1180. The van der Waals surface area contributed by atoms with E-state index in [1.165, 1.54) is 12.1 Å². The fourth-order valence-electron chi connectivity index (χ4n) is 4.04. The summed E-state index contributed by atoms with van der Waals surface area (Å²) in [5, 5.41) is 18.1. The molecule has 176 valence electrons. The predicted molar refractivity (Wildman–Crippen MR) is 120 cm³/mol. The maximum Gasteiger partial charge on any atom is 0.241 e. The molecule has 1 aliphatic rings. The standard InChI is InChI=1S/C23H27FN4O4S/c1-16-4-2-3-5-23(16)33(30,31)26-20-11-10-19(32-22(20)15-29)12-13-28-14-21(25-27-28)17-6-8-18(24)9-7-17/h2-9,14,19-20,22,26,29H,10-13,15H2,1H3/t19-,20-,22+/m1/s1. The van der Waals surface area contributed by atoms with E-state index in [9.17, 15) is 17.9 Å². The van der Waals surface area contributed by atoms with Crippen molar-refractivity contribution >= 4 is 10.0 Å². The maximum atomic E-state index is 13.1. The first-order valence-electron chi connectivity index (χ1n) is 10.9. The summed E-state index contributed by atoms with van der Waals surface area (Å²) in [7, 11) is -3.72. The summed E-state index contributed by atoms with van der Waals surface area (Å²) < 4.78 is 49.2. The molecule has 10 heteroatoms. The van der Waals surface area contributed by atoms with Crippen LogP contribution < -0.4 is 4.72 Å². The number of halogens is 1. The van der Waals surface area contributed by atoms with E-state index in [0.29, 0.717) is 37.1 Å². The number of aryl methyl sites for hydroxylation is 2. The van der Waals surface area contributed by atoms with Crippen LogP contribution in [0.4, 0.5) is 4.39 Å². The van der Waals surface area contributed by atoms with Crippen molar-refractivity contribution in [3.63, 3.8) is 0 Å². The summed E-state index contributed by atoms with van der Waals surface area (Å²) in [4.78, 5) is 0.229. The number of aliphatic hydroxyl groups excluding tert-OH is 1. The normalized spacial score (nSPS) is 21.2. The molecule has 3 atom stereocenters. The second-order valence-electron chi connectivity index (χ2n) is 8.21. The average molecular weight is 475 g/mol. The van der Waals surface area contributed by atoms with Crippen LogP contribution in [0.15, 0.2) is 59.6 Å². The lowest BCUT2D eigenvalue weighted by Crippen LogP contribution is -2.51. The monoisotopic (exact) mass is 474 g/mol. The van der Waals surface area contributed by atoms with Gasteiger partial charge in [-0.15, -0.1) is 5.10 Å². The Balaban J connectivity index is 1.34. The van der Waals surface area contributed by atoms with Crippen LogP contribution >= 0.6 is 0 Å². The number of sulfonamides is 1. The fraction of sp³-hybridized carbons (Fsp3) is 0.391. The quantitative estimate of drug-likeness (QED) is 0.520. The summed E-state index contributed by atoms with van der Waals surface area (Å²) in [6.45, 7) is 2.02. The van der Waals surface area contributed by atoms with Gasteiger partial charge >= 0.3 is 0 Å². The van der Waals surface area contributed by atoms with Gasteiger partial charge in [-0.25, -0.2) is 17.5 Å². The van der Waals surface area contributed by atoms with Crippen LogP contribution in [0.25, 0.3) is 11.3 Å². The van der Waals surface area contributed by atoms with E-state index in [2.05, 4.69) is 15.0 Å². The molecule has 1 fully saturated rings. The van der Waals surface area contributed by atoms with Gasteiger partial charge in [-0.2, -0.15) is 0 Å². The van der Waals surface area contributed by atoms with Gasteiger partial charge in [0.2, 0.25) is 10.0 Å². The summed E-state index contributed by atoms with van der Waals surface area (Å²) >= 11 is 0. The highest BCUT2D eigenvalue weighted by molar-refractivity contribution is 7.89. The Kier molecular flexibility index (Phi) is 7.18. The van der Waals surface area contributed by atoms with Crippen LogP contribution in [0.5, 0.6) is 0 Å². The molecule has 0 spiro atoms. The van der Waals surface area contributed by atoms with Gasteiger partial charge in [0.15, 0.2) is 0 Å². The minimum atomic E-state index is -3.72. The Morgan fingerprint density at radius 2 is 1.94 bits per heavy atom. The fourth-order valence-corrected chi connectivity index (χ4v) is 5.58. The van der Waals surface area contributed by atoms with E-state index in [1.807, 2.05) is 0 Å². The van der Waals surface area contributed by atoms with Crippen molar-refractivity contribution in [3.8, 4) is 11.3 Å². The number of nitrogens with zero attached hydrogens (tertiary/aromatic N) is 3. The zero-order valence-corrected chi connectivity index (χ0v) is 19.1. The number of hydrogen-bond acceptors (Lipinski definition) is 6. The van der Waals surface area contributed by atoms with Crippen molar-refractivity contribution in [2.75, 3.05) is 6.61 Å². The molecule has 2 aromatic carbocycles. The second-order valence-corrected chi connectivity index (χ2v) is 9.89. The summed E-state index contributed by atoms with van der Waals surface area (Å²) in [6, 6.07) is 12.3. The molecular formula is C23H27FN4O4S. The second kappa shape index (κ2) is 10.1. The molecule has 0 aliphatic carbocycles. The molecule has 0 saturated carbocycles. The average Bonchev–Trinajstić information content (AvgIpc) is 3.28. The van der Waals surface area contributed by atoms with Gasteiger partial charge < -0.3 is 9.84 Å². The zero-order chi connectivity index (χ0) is 23.4. The summed E-state index contributed by atoms with van der Waals surface area (Å²) in [5.74, 6) is -0.307. The number of benzene rings is 2. The number of rotatable bonds is 8. The topological polar surface area (TPSA) is 106 Å². The highest BCUT2D eigenvalue weighted by Gasteiger charge is 2.34. The van der Waals surface area contributed by atoms with Crippen molar-refractivity contribution in [3.05, 3.63) is 66.1 Å². The third-order valence-corrected chi connectivity index (χ3v) is 7.49. The molecule has 3 aromatic rings. The van der Waals surface area contributed by atoms with E-state index in [0.717, 1.165) is 5.56 Å². The predicted octanol–water partition coefficient (Wildman–Crippen LogP) is 2.67. The van der Waals surface area contributed by atoms with Crippen LogP contribution in [-0.4, -0.2) is 53.4 Å². The van der Waals surface area contributed by atoms with Gasteiger partial charge in [0.05, 0.1) is 35.9 Å². The van der Waals surface area contributed by atoms with Crippen LogP contribution in [0, 0.1) is 12.7 Å². The Morgan fingerprint density at radius 1 is 1.18 bits per heavy atom. The molecular weight excluding hydrogens is 447 g/mol. The lowest BCUT2D eigenvalue weighted by atomic mass is 9.98. The zero-order valence-electron chi connectivity index (χ0n) is 18.3. The Hall–Kier alpha value is -2.66. The third-order valence-electron chi connectivity index (χ3n) is 5.84. The number of nitrogens with one attached hydrogen (secondary N) is 1. The maximum absolute atomic E-state index is 13.1. The number of ether oxygens (including phenoxy) is 1. The summed E-state index contributed by atoms with van der Waals surface area (Å²) in [5.41, 5.74) is 2.09. The van der Waals surface area contributed by atoms with Gasteiger partial charge in [-0.1, -0.05) is 23.4 Å². The molecule has 0 radical (unpaired) electrons. The Labute approximate surface area is 192 Å². The van der Waals surface area contributed by atoms with Crippen LogP contribution in [0.2, 0.25) is 0 Å². The van der Waals surface area contributed by atoms with Crippen LogP contribution in [0.1, 0.15) is 24.8 Å². The largest absolute Gasteiger partial charge is 0.394 e. The van der Waals surface area contributed by atoms with Gasteiger partial charge in [-0.3, -0.25) is 4.68 Å². The highest BCUT2D eigenvalue weighted by Crippen LogP contribution is 2.25. The first-order valence-corrected chi connectivity index (χ1v) is 12.3. The smallest absolute Gasteiger partial charge is 0.241 e. The van der Waals surface area contributed by atoms with Crippen molar-refractivity contribution in [2.24, 2.45) is 0 Å². The number of hydrogen-bond donors (Lipinski definition) is 2. The molecule has 1 aromatic heterocycles. The molecule has 0 unspecified atom stereocenters. The van der Waals surface area contributed by atoms with Gasteiger partial charge in [0.1, 0.15) is 11.5 Å². The lowest BCUT2D eigenvalue weighted by molar-refractivity contribution is -0.0891. The van der Waals surface area contributed by atoms with Gasteiger partial charge in [0, 0.05) is 12.1 Å². The van der Waals surface area contributed by atoms with E-state index in [-0.39, 0.29) is 23.4 Å². The molecule has 2 heterocycles. The highest BCUT2D eigenvalue weighted by atomic mass is 32.2. The van der Waals surface area contributed by atoms with Crippen molar-refractivity contribution in [2.45, 2.75) is 55.9 Å². The number of aliphatic hydroxyl groups is 1. The molecule has 1 aliphatic heterocycles. The lowest BCUT2D eigenvalue weighted by Gasteiger charge is -2.36. The van der Waals surface area contributed by atoms with Gasteiger partial charge in [-0.05, 0) is 62.1 Å². The first-order chi connectivity index (χ1) is 15.9. The molecule has 0 bridgehead atoms. The first kappa shape index (κ1) is 23.5. The molecule has 4 rings (SSSR count). The molecule has 2 N–H and O–H groups in total. The third kappa shape index (κ3) is 5.64. The van der Waals surface area contributed by atoms with E-state index in [4.69, 9.17) is 4.74 Å². The van der Waals surface area contributed by atoms with Crippen LogP contribution in [-0.2, 0) is 21.3 Å². The van der Waals surface area contributed by atoms with Gasteiger partial charge in [0.25, 0.3) is 0 Å². The van der Waals surface area contributed by atoms with Crippen molar-refractivity contribution in [1.82, 2.24) is 19.7 Å². The van der Waals surface area contributed by atoms with E-state index in [1.54, 1.807) is 54.2 Å². The van der Waals surface area contributed by atoms with Crippen molar-refractivity contribution in [1.29, 1.82) is 0 Å². The summed E-state index contributed by atoms with van der Waals surface area (Å²) in [6.07, 6.45) is 2.86. The van der Waals surface area contributed by atoms with Crippen molar-refractivity contribution < 1.29 is 22.7 Å². The SMILES string of the molecule is Cc1ccccc1S(=O)(=O)N[C@@H]1CC[C@H](CCn2cc(-c3ccc(F)cc3)nn2)O[C@H]1CO. The number of aromatic nitrogens is 3. The molecule has 8 nitrogen and oxygen atoms in total.